The minimum atomic E-state index is -0.250. The quantitative estimate of drug-likeness (QED) is 0.531. The monoisotopic (exact) mass is 128 g/mol. The summed E-state index contributed by atoms with van der Waals surface area (Å²) in [4.78, 5) is 14.5. The van der Waals surface area contributed by atoms with Gasteiger partial charge in [0, 0.05) is 7.05 Å². The Kier molecular flexibility index (Phi) is 3.67. The fourth-order valence-corrected chi connectivity index (χ4v) is 0.500. The van der Waals surface area contributed by atoms with Crippen molar-refractivity contribution in [3.05, 3.63) is 0 Å². The topological polar surface area (TPSA) is 41.5 Å². The molecule has 0 radical (unpaired) electrons. The highest BCUT2D eigenvalue weighted by molar-refractivity contribution is 5.82. The molecule has 0 aliphatic rings. The van der Waals surface area contributed by atoms with Gasteiger partial charge in [0.2, 0.25) is 5.91 Å². The van der Waals surface area contributed by atoms with Crippen molar-refractivity contribution in [2.75, 3.05) is 7.05 Å². The number of nitrogens with one attached hydrogen (secondary N) is 1. The van der Waals surface area contributed by atoms with Gasteiger partial charge in [0.15, 0.2) is 0 Å². The molecule has 0 fully saturated rings. The number of carbonyl (C=O) groups excluding carboxylic acids is 1. The molecule has 0 aliphatic carbocycles. The first-order valence-electron chi connectivity index (χ1n) is 2.91. The van der Waals surface area contributed by atoms with Gasteiger partial charge in [-0.1, -0.05) is 0 Å². The largest absolute Gasteiger partial charge is 0.357 e. The van der Waals surface area contributed by atoms with Crippen molar-refractivity contribution in [3.63, 3.8) is 0 Å². The first kappa shape index (κ1) is 8.14. The van der Waals surface area contributed by atoms with Crippen LogP contribution in [-0.2, 0) is 4.79 Å². The molecule has 1 N–H and O–H groups in total. The van der Waals surface area contributed by atoms with Gasteiger partial charge in [-0.25, -0.2) is 0 Å². The molecule has 3 heteroatoms. The second kappa shape index (κ2) is 4.06. The maximum Gasteiger partial charge on any atom is 0.244 e. The van der Waals surface area contributed by atoms with E-state index in [4.69, 9.17) is 0 Å². The van der Waals surface area contributed by atoms with Crippen molar-refractivity contribution in [1.82, 2.24) is 5.32 Å². The van der Waals surface area contributed by atoms with Gasteiger partial charge in [0.1, 0.15) is 6.04 Å². The van der Waals surface area contributed by atoms with Crippen molar-refractivity contribution in [1.29, 1.82) is 0 Å². The summed E-state index contributed by atoms with van der Waals surface area (Å²) in [5, 5.41) is 2.50. The molecule has 0 saturated carbocycles. The van der Waals surface area contributed by atoms with E-state index in [2.05, 4.69) is 10.3 Å². The third-order valence-electron chi connectivity index (χ3n) is 0.999. The molecule has 0 aliphatic heterocycles. The fraction of sp³-hybridized carbons (Fsp3) is 0.667. The molecule has 0 aromatic heterocycles. The van der Waals surface area contributed by atoms with Gasteiger partial charge in [0.05, 0.1) is 0 Å². The molecule has 52 valence electrons. The Morgan fingerprint density at radius 3 is 2.67 bits per heavy atom. The second-order valence-corrected chi connectivity index (χ2v) is 1.70. The van der Waals surface area contributed by atoms with E-state index < -0.39 is 0 Å². The fourth-order valence-electron chi connectivity index (χ4n) is 0.500. The molecule has 3 nitrogen and oxygen atoms in total. The Morgan fingerprint density at radius 1 is 1.78 bits per heavy atom. The predicted molar refractivity (Wildman–Crippen MR) is 37.7 cm³/mol. The van der Waals surface area contributed by atoms with Gasteiger partial charge in [0.25, 0.3) is 0 Å². The first-order valence-corrected chi connectivity index (χ1v) is 2.91. The highest BCUT2D eigenvalue weighted by Crippen LogP contribution is 1.85. The lowest BCUT2D eigenvalue weighted by atomic mass is 10.3. The molecule has 0 spiro atoms. The zero-order valence-electron chi connectivity index (χ0n) is 6.01. The normalized spacial score (nSPS) is 13.7. The Bertz CT molecular complexity index is 120. The molecule has 1 unspecified atom stereocenters. The van der Waals surface area contributed by atoms with Crippen LogP contribution in [0.5, 0.6) is 0 Å². The average molecular weight is 128 g/mol. The summed E-state index contributed by atoms with van der Waals surface area (Å²) >= 11 is 0. The molecule has 1 amide bonds. The lowest BCUT2D eigenvalue weighted by molar-refractivity contribution is -0.121. The molecular weight excluding hydrogens is 116 g/mol. The Labute approximate surface area is 55.2 Å². The van der Waals surface area contributed by atoms with Crippen LogP contribution in [0.3, 0.4) is 0 Å². The van der Waals surface area contributed by atoms with Crippen LogP contribution in [-0.4, -0.2) is 25.2 Å². The van der Waals surface area contributed by atoms with E-state index in [1.807, 2.05) is 0 Å². The number of amides is 1. The number of likely N-dealkylation sites (N-methyl/N-ethyl adjacent to an activating group) is 1. The maximum atomic E-state index is 10.7. The third kappa shape index (κ3) is 2.85. The lowest BCUT2D eigenvalue weighted by Gasteiger charge is -2.01. The van der Waals surface area contributed by atoms with Crippen LogP contribution in [0.15, 0.2) is 4.99 Å². The smallest absolute Gasteiger partial charge is 0.244 e. The summed E-state index contributed by atoms with van der Waals surface area (Å²) in [6.45, 7) is 3.54. The SMILES string of the molecule is CC=NC(C)C(=O)NC. The summed E-state index contributed by atoms with van der Waals surface area (Å²) in [6, 6.07) is -0.250. The molecule has 0 aromatic carbocycles. The van der Waals surface area contributed by atoms with Gasteiger partial charge in [-0.05, 0) is 20.1 Å². The van der Waals surface area contributed by atoms with E-state index in [0.29, 0.717) is 0 Å². The van der Waals surface area contributed by atoms with Crippen LogP contribution >= 0.6 is 0 Å². The van der Waals surface area contributed by atoms with Crippen LogP contribution in [0.1, 0.15) is 13.8 Å². The molecular formula is C6H12N2O. The van der Waals surface area contributed by atoms with Gasteiger partial charge >= 0.3 is 0 Å². The molecule has 0 bridgehead atoms. The van der Waals surface area contributed by atoms with Crippen LogP contribution in [0.2, 0.25) is 0 Å². The zero-order chi connectivity index (χ0) is 7.28. The van der Waals surface area contributed by atoms with Crippen LogP contribution in [0.4, 0.5) is 0 Å². The van der Waals surface area contributed by atoms with Crippen molar-refractivity contribution in [3.8, 4) is 0 Å². The molecule has 0 aromatic rings. The van der Waals surface area contributed by atoms with Crippen molar-refractivity contribution < 1.29 is 4.79 Å². The third-order valence-corrected chi connectivity index (χ3v) is 0.999. The molecule has 0 heterocycles. The van der Waals surface area contributed by atoms with Crippen molar-refractivity contribution >= 4 is 12.1 Å². The average Bonchev–Trinajstić information content (AvgIpc) is 1.87. The highest BCUT2D eigenvalue weighted by atomic mass is 16.2. The number of hydrogen-bond acceptors (Lipinski definition) is 2. The second-order valence-electron chi connectivity index (χ2n) is 1.70. The van der Waals surface area contributed by atoms with Crippen molar-refractivity contribution in [2.24, 2.45) is 4.99 Å². The number of rotatable bonds is 2. The van der Waals surface area contributed by atoms with Gasteiger partial charge in [-0.15, -0.1) is 0 Å². The van der Waals surface area contributed by atoms with Crippen LogP contribution in [0.25, 0.3) is 0 Å². The van der Waals surface area contributed by atoms with Gasteiger partial charge < -0.3 is 5.32 Å². The summed E-state index contributed by atoms with van der Waals surface area (Å²) in [6.07, 6.45) is 1.62. The van der Waals surface area contributed by atoms with Gasteiger partial charge in [-0.2, -0.15) is 0 Å². The minimum absolute atomic E-state index is 0.0481. The number of nitrogens with zero attached hydrogens (tertiary/aromatic N) is 1. The Morgan fingerprint density at radius 2 is 2.33 bits per heavy atom. The van der Waals surface area contributed by atoms with Crippen LogP contribution in [0, 0.1) is 0 Å². The van der Waals surface area contributed by atoms with E-state index in [9.17, 15) is 4.79 Å². The highest BCUT2D eigenvalue weighted by Gasteiger charge is 2.05. The first-order chi connectivity index (χ1) is 4.22. The molecule has 0 rings (SSSR count). The summed E-state index contributed by atoms with van der Waals surface area (Å²) in [5.74, 6) is -0.0481. The van der Waals surface area contributed by atoms with E-state index in [1.165, 1.54) is 0 Å². The van der Waals surface area contributed by atoms with E-state index in [0.717, 1.165) is 0 Å². The summed E-state index contributed by atoms with van der Waals surface area (Å²) < 4.78 is 0. The summed E-state index contributed by atoms with van der Waals surface area (Å²) in [5.41, 5.74) is 0. The standard InChI is InChI=1S/C6H12N2O/c1-4-8-5(2)6(9)7-3/h4-5H,1-3H3,(H,7,9). The number of hydrogen-bond donors (Lipinski definition) is 1. The predicted octanol–water partition coefficient (Wildman–Crippen LogP) is 0.212. The van der Waals surface area contributed by atoms with E-state index >= 15 is 0 Å². The van der Waals surface area contributed by atoms with E-state index in [-0.39, 0.29) is 11.9 Å². The Balaban J connectivity index is 3.72. The molecule has 1 atom stereocenters. The van der Waals surface area contributed by atoms with Crippen LogP contribution < -0.4 is 5.32 Å². The van der Waals surface area contributed by atoms with E-state index in [1.54, 1.807) is 27.1 Å². The van der Waals surface area contributed by atoms with Crippen molar-refractivity contribution in [2.45, 2.75) is 19.9 Å². The minimum Gasteiger partial charge on any atom is -0.357 e. The van der Waals surface area contributed by atoms with Gasteiger partial charge in [-0.3, -0.25) is 9.79 Å². The zero-order valence-corrected chi connectivity index (χ0v) is 6.01. The number of carbonyl (C=O) groups is 1. The maximum absolute atomic E-state index is 10.7. The number of aliphatic imine (C=N–C) groups is 1. The molecule has 0 saturated heterocycles. The Hall–Kier alpha value is -0.860. The molecule has 9 heavy (non-hydrogen) atoms. The lowest BCUT2D eigenvalue weighted by Crippen LogP contribution is -2.27. The summed E-state index contributed by atoms with van der Waals surface area (Å²) in [7, 11) is 1.60.